The van der Waals surface area contributed by atoms with Gasteiger partial charge < -0.3 is 8.98 Å². The van der Waals surface area contributed by atoms with E-state index in [9.17, 15) is 0 Å². The summed E-state index contributed by atoms with van der Waals surface area (Å²) in [6.07, 6.45) is 0. The Kier molecular flexibility index (Phi) is 5.20. The van der Waals surface area contributed by atoms with E-state index in [1.165, 1.54) is 77.4 Å². The average molecular weight is 648 g/mol. The van der Waals surface area contributed by atoms with Crippen molar-refractivity contribution >= 4 is 43.7 Å². The molecule has 51 heavy (non-hydrogen) atoms. The molecule has 236 valence electrons. The van der Waals surface area contributed by atoms with Gasteiger partial charge in [0.05, 0.1) is 16.4 Å². The Morgan fingerprint density at radius 2 is 0.922 bits per heavy atom. The van der Waals surface area contributed by atoms with Crippen molar-refractivity contribution in [2.24, 2.45) is 0 Å². The van der Waals surface area contributed by atoms with E-state index in [-0.39, 0.29) is 5.41 Å². The van der Waals surface area contributed by atoms with Crippen LogP contribution in [0.4, 0.5) is 0 Å². The summed E-state index contributed by atoms with van der Waals surface area (Å²) in [5.41, 5.74) is 17.9. The normalized spacial score (nSPS) is 13.6. The van der Waals surface area contributed by atoms with E-state index in [4.69, 9.17) is 4.42 Å². The lowest BCUT2D eigenvalue weighted by atomic mass is 9.70. The lowest BCUT2D eigenvalue weighted by Crippen LogP contribution is -2.25. The molecule has 10 aromatic rings. The van der Waals surface area contributed by atoms with Crippen molar-refractivity contribution in [3.05, 3.63) is 198 Å². The first-order chi connectivity index (χ1) is 25.3. The van der Waals surface area contributed by atoms with Crippen LogP contribution in [-0.4, -0.2) is 4.57 Å². The third-order valence-corrected chi connectivity index (χ3v) is 11.6. The molecule has 0 aliphatic heterocycles. The molecule has 0 unspecified atom stereocenters. The second kappa shape index (κ2) is 9.74. The van der Waals surface area contributed by atoms with Gasteiger partial charge in [-0.05, 0) is 104 Å². The van der Waals surface area contributed by atoms with Gasteiger partial charge in [-0.3, -0.25) is 0 Å². The number of benzene rings is 8. The van der Waals surface area contributed by atoms with Crippen molar-refractivity contribution in [1.82, 2.24) is 4.57 Å². The Hall–Kier alpha value is -6.64. The van der Waals surface area contributed by atoms with Gasteiger partial charge in [0.15, 0.2) is 0 Å². The summed E-state index contributed by atoms with van der Waals surface area (Å²) < 4.78 is 9.11. The van der Waals surface area contributed by atoms with Crippen LogP contribution in [0.3, 0.4) is 0 Å². The van der Waals surface area contributed by atoms with E-state index in [0.717, 1.165) is 27.6 Å². The molecule has 2 aliphatic rings. The van der Waals surface area contributed by atoms with E-state index >= 15 is 0 Å². The predicted octanol–water partition coefficient (Wildman–Crippen LogP) is 12.7. The first-order valence-electron chi connectivity index (χ1n) is 17.7. The van der Waals surface area contributed by atoms with Gasteiger partial charge in [0.1, 0.15) is 11.2 Å². The molecule has 2 heterocycles. The Balaban J connectivity index is 1.09. The molecule has 0 saturated heterocycles. The lowest BCUT2D eigenvalue weighted by molar-refractivity contribution is 0.666. The van der Waals surface area contributed by atoms with Crippen molar-refractivity contribution in [1.29, 1.82) is 0 Å². The van der Waals surface area contributed by atoms with E-state index < -0.39 is 0 Å². The van der Waals surface area contributed by atoms with Gasteiger partial charge in [-0.2, -0.15) is 0 Å². The predicted molar refractivity (Wildman–Crippen MR) is 210 cm³/mol. The molecule has 0 radical (unpaired) electrons. The molecule has 12 rings (SSSR count). The standard InChI is InChI=1S/C49H29NO/c1-2-12-32(13-3-1)50-45-21-11-7-17-36(45)37-24-22-31(27-46(37)50)30-23-25-47-39(26-30)40-28-38-35-16-6-10-20-43(35)49(44(38)29-48(40)51-47)41-18-8-4-14-33(41)34-15-5-9-19-42(34)49/h1-29H. The van der Waals surface area contributed by atoms with Gasteiger partial charge in [0.25, 0.3) is 0 Å². The number of fused-ring (bicyclic) bond motifs is 16. The van der Waals surface area contributed by atoms with Gasteiger partial charge in [-0.1, -0.05) is 127 Å². The zero-order valence-corrected chi connectivity index (χ0v) is 27.6. The molecule has 2 heteroatoms. The van der Waals surface area contributed by atoms with Gasteiger partial charge in [0.2, 0.25) is 0 Å². The fraction of sp³-hybridized carbons (Fsp3) is 0.0204. The zero-order valence-electron chi connectivity index (χ0n) is 27.6. The second-order valence-electron chi connectivity index (χ2n) is 14.0. The summed E-state index contributed by atoms with van der Waals surface area (Å²) >= 11 is 0. The van der Waals surface area contributed by atoms with Gasteiger partial charge in [-0.15, -0.1) is 0 Å². The number of para-hydroxylation sites is 2. The van der Waals surface area contributed by atoms with Crippen molar-refractivity contribution in [2.45, 2.75) is 5.41 Å². The van der Waals surface area contributed by atoms with Crippen LogP contribution >= 0.6 is 0 Å². The van der Waals surface area contributed by atoms with Gasteiger partial charge in [-0.25, -0.2) is 0 Å². The fourth-order valence-corrected chi connectivity index (χ4v) is 9.55. The summed E-state index contributed by atoms with van der Waals surface area (Å²) in [4.78, 5) is 0. The number of hydrogen-bond donors (Lipinski definition) is 0. The van der Waals surface area contributed by atoms with Crippen molar-refractivity contribution in [2.75, 3.05) is 0 Å². The number of aromatic nitrogens is 1. The SMILES string of the molecule is c1ccc(-n2c3ccccc3c3ccc(-c4ccc5oc6cc7c(cc6c5c4)-c4ccccc4C74c5ccccc5-c5ccccc54)cc32)cc1. The van der Waals surface area contributed by atoms with Crippen LogP contribution in [-0.2, 0) is 5.41 Å². The topological polar surface area (TPSA) is 18.1 Å². The van der Waals surface area contributed by atoms with Crippen LogP contribution < -0.4 is 0 Å². The van der Waals surface area contributed by atoms with Crippen LogP contribution in [0.25, 0.3) is 82.8 Å². The van der Waals surface area contributed by atoms with E-state index in [1.807, 2.05) is 0 Å². The molecule has 2 aliphatic carbocycles. The minimum atomic E-state index is -0.385. The summed E-state index contributed by atoms with van der Waals surface area (Å²) in [7, 11) is 0. The largest absolute Gasteiger partial charge is 0.456 e. The summed E-state index contributed by atoms with van der Waals surface area (Å²) in [5, 5.41) is 4.81. The van der Waals surface area contributed by atoms with Crippen LogP contribution in [0.5, 0.6) is 0 Å². The molecule has 0 fully saturated rings. The maximum atomic E-state index is 6.73. The average Bonchev–Trinajstić information content (AvgIpc) is 3.90. The van der Waals surface area contributed by atoms with E-state index in [2.05, 4.69) is 180 Å². The minimum absolute atomic E-state index is 0.385. The molecule has 1 spiro atoms. The molecular formula is C49H29NO. The first-order valence-corrected chi connectivity index (χ1v) is 17.7. The highest BCUT2D eigenvalue weighted by atomic mass is 16.3. The van der Waals surface area contributed by atoms with Crippen molar-refractivity contribution in [3.63, 3.8) is 0 Å². The summed E-state index contributed by atoms with van der Waals surface area (Å²) in [6, 6.07) is 64.6. The Morgan fingerprint density at radius 1 is 0.353 bits per heavy atom. The Morgan fingerprint density at radius 3 is 1.67 bits per heavy atom. The third kappa shape index (κ3) is 3.42. The molecule has 0 atom stereocenters. The highest BCUT2D eigenvalue weighted by Gasteiger charge is 2.51. The minimum Gasteiger partial charge on any atom is -0.456 e. The lowest BCUT2D eigenvalue weighted by Gasteiger charge is -2.30. The number of furan rings is 1. The van der Waals surface area contributed by atoms with Crippen LogP contribution in [0, 0.1) is 0 Å². The monoisotopic (exact) mass is 647 g/mol. The fourth-order valence-electron chi connectivity index (χ4n) is 9.55. The smallest absolute Gasteiger partial charge is 0.135 e. The molecule has 0 saturated carbocycles. The van der Waals surface area contributed by atoms with Crippen LogP contribution in [0.15, 0.2) is 180 Å². The van der Waals surface area contributed by atoms with Crippen LogP contribution in [0.2, 0.25) is 0 Å². The molecule has 0 amide bonds. The summed E-state index contributed by atoms with van der Waals surface area (Å²) in [5.74, 6) is 0. The molecule has 2 aromatic heterocycles. The molecule has 2 nitrogen and oxygen atoms in total. The molecular weight excluding hydrogens is 619 g/mol. The maximum Gasteiger partial charge on any atom is 0.135 e. The van der Waals surface area contributed by atoms with Gasteiger partial charge in [0, 0.05) is 27.2 Å². The Bertz CT molecular complexity index is 3040. The molecule has 0 bridgehead atoms. The quantitative estimate of drug-likeness (QED) is 0.183. The van der Waals surface area contributed by atoms with Crippen molar-refractivity contribution < 1.29 is 4.42 Å². The van der Waals surface area contributed by atoms with Gasteiger partial charge >= 0.3 is 0 Å². The highest BCUT2D eigenvalue weighted by Crippen LogP contribution is 2.63. The molecule has 0 N–H and O–H groups in total. The zero-order chi connectivity index (χ0) is 33.3. The highest BCUT2D eigenvalue weighted by molar-refractivity contribution is 6.12. The third-order valence-electron chi connectivity index (χ3n) is 11.6. The number of nitrogens with zero attached hydrogens (tertiary/aromatic N) is 1. The Labute approximate surface area is 294 Å². The number of hydrogen-bond acceptors (Lipinski definition) is 1. The van der Waals surface area contributed by atoms with E-state index in [1.54, 1.807) is 0 Å². The van der Waals surface area contributed by atoms with E-state index in [0.29, 0.717) is 0 Å². The second-order valence-corrected chi connectivity index (χ2v) is 14.0. The van der Waals surface area contributed by atoms with Crippen LogP contribution in [0.1, 0.15) is 22.3 Å². The summed E-state index contributed by atoms with van der Waals surface area (Å²) in [6.45, 7) is 0. The molecule has 8 aromatic carbocycles. The van der Waals surface area contributed by atoms with Crippen molar-refractivity contribution in [3.8, 4) is 39.1 Å². The maximum absolute atomic E-state index is 6.73. The number of rotatable bonds is 2. The first kappa shape index (κ1) is 27.2.